The summed E-state index contributed by atoms with van der Waals surface area (Å²) in [5.41, 5.74) is 2.67. The van der Waals surface area contributed by atoms with Crippen LogP contribution in [0.25, 0.3) is 33.4 Å². The first-order valence-corrected chi connectivity index (χ1v) is 16.2. The summed E-state index contributed by atoms with van der Waals surface area (Å²) in [6.45, 7) is 7.81. The van der Waals surface area contributed by atoms with Crippen molar-refractivity contribution < 1.29 is 23.8 Å². The highest BCUT2D eigenvalue weighted by Crippen LogP contribution is 2.39. The third-order valence-corrected chi connectivity index (χ3v) is 7.64. The second-order valence-electron chi connectivity index (χ2n) is 10.2. The van der Waals surface area contributed by atoms with Crippen molar-refractivity contribution in [2.24, 2.45) is 0 Å². The van der Waals surface area contributed by atoms with Crippen molar-refractivity contribution >= 4 is 43.1 Å². The number of carboxylic acids is 1. The molecule has 0 saturated heterocycles. The smallest absolute Gasteiger partial charge is 0.356 e. The summed E-state index contributed by atoms with van der Waals surface area (Å²) in [7, 11) is 2.15. The van der Waals surface area contributed by atoms with Crippen LogP contribution in [0.5, 0.6) is 0 Å². The van der Waals surface area contributed by atoms with Crippen molar-refractivity contribution in [3.63, 3.8) is 0 Å². The maximum absolute atomic E-state index is 13.6. The lowest BCUT2D eigenvalue weighted by Gasteiger charge is -2.15. The van der Waals surface area contributed by atoms with Gasteiger partial charge < -0.3 is 19.3 Å². The van der Waals surface area contributed by atoms with Gasteiger partial charge >= 0.3 is 5.97 Å². The summed E-state index contributed by atoms with van der Waals surface area (Å²) in [6, 6.07) is 7.16. The van der Waals surface area contributed by atoms with Crippen LogP contribution in [0, 0.1) is 5.82 Å². The first kappa shape index (κ1) is 29.9. The molecule has 1 amide bonds. The number of carbonyl (C=O) groups is 2. The highest BCUT2D eigenvalue weighted by atomic mass is 35.5. The van der Waals surface area contributed by atoms with Crippen LogP contribution in [0.2, 0.25) is 30.7 Å². The van der Waals surface area contributed by atoms with E-state index < -0.39 is 14.0 Å². The zero-order chi connectivity index (χ0) is 28.7. The van der Waals surface area contributed by atoms with Crippen molar-refractivity contribution in [2.75, 3.05) is 20.7 Å². The third kappa shape index (κ3) is 7.91. The average molecular weight is 572 g/mol. The van der Waals surface area contributed by atoms with Gasteiger partial charge in [0.05, 0.1) is 23.1 Å². The Morgan fingerprint density at radius 3 is 2.41 bits per heavy atom. The SMILES string of the molecule is CN(C)C=O.C[Si](C)(C)CCOCn1cc(-c2ccc(F)cc2)c2c(Cl)c(-c3cncc(C(=O)O)n3)cnc21. The standard InChI is InChI=1S/C24H24ClFN4O3Si.C3H7NO/c1-34(2,3)9-8-33-14-30-13-18(15-4-6-16(26)7-5-15)21-22(25)17(10-28-23(21)30)19-11-27-12-20(29-19)24(31)32;1-4(2)3-5/h4-7,10-13H,8-9,14H2,1-3H3,(H,31,32);3H,1-2H3. The van der Waals surface area contributed by atoms with Gasteiger partial charge in [-0.2, -0.15) is 0 Å². The summed E-state index contributed by atoms with van der Waals surface area (Å²) < 4.78 is 21.4. The maximum atomic E-state index is 13.6. The fourth-order valence-corrected chi connectivity index (χ4v) is 4.57. The molecule has 0 atom stereocenters. The van der Waals surface area contributed by atoms with Crippen molar-refractivity contribution in [3.05, 3.63) is 65.6 Å². The zero-order valence-electron chi connectivity index (χ0n) is 22.5. The minimum atomic E-state index is -1.23. The molecule has 0 spiro atoms. The second-order valence-corrected chi connectivity index (χ2v) is 16.2. The summed E-state index contributed by atoms with van der Waals surface area (Å²) in [6.07, 6.45) is 6.79. The van der Waals surface area contributed by atoms with Gasteiger partial charge in [0.2, 0.25) is 6.41 Å². The number of fused-ring (bicyclic) bond motifs is 1. The van der Waals surface area contributed by atoms with Gasteiger partial charge in [0, 0.05) is 57.7 Å². The Kier molecular flexibility index (Phi) is 9.90. The van der Waals surface area contributed by atoms with Gasteiger partial charge in [-0.05, 0) is 23.7 Å². The van der Waals surface area contributed by atoms with E-state index in [9.17, 15) is 19.1 Å². The monoisotopic (exact) mass is 571 g/mol. The molecule has 4 rings (SSSR count). The first-order chi connectivity index (χ1) is 18.4. The number of rotatable bonds is 9. The van der Waals surface area contributed by atoms with Gasteiger partial charge in [-0.3, -0.25) is 9.78 Å². The Balaban J connectivity index is 0.000000771. The van der Waals surface area contributed by atoms with Gasteiger partial charge in [-0.15, -0.1) is 0 Å². The molecule has 1 N–H and O–H groups in total. The molecule has 1 aromatic carbocycles. The zero-order valence-corrected chi connectivity index (χ0v) is 24.2. The lowest BCUT2D eigenvalue weighted by Crippen LogP contribution is -2.22. The number of hydrogen-bond donors (Lipinski definition) is 1. The highest BCUT2D eigenvalue weighted by Gasteiger charge is 2.20. The van der Waals surface area contributed by atoms with Gasteiger partial charge in [0.25, 0.3) is 0 Å². The average Bonchev–Trinajstić information content (AvgIpc) is 3.26. The molecule has 0 bridgehead atoms. The number of aromatic carboxylic acids is 1. The molecular weight excluding hydrogens is 541 g/mol. The Bertz CT molecular complexity index is 1460. The number of carboxylic acid groups (broad SMARTS) is 1. The van der Waals surface area contributed by atoms with Gasteiger partial charge in [0.1, 0.15) is 18.2 Å². The lowest BCUT2D eigenvalue weighted by atomic mass is 10.0. The highest BCUT2D eigenvalue weighted by molar-refractivity contribution is 6.76. The largest absolute Gasteiger partial charge is 0.476 e. The van der Waals surface area contributed by atoms with Crippen LogP contribution >= 0.6 is 11.6 Å². The fraction of sp³-hybridized carbons (Fsp3) is 0.296. The van der Waals surface area contributed by atoms with E-state index in [1.807, 2.05) is 10.8 Å². The fourth-order valence-electron chi connectivity index (χ4n) is 3.48. The Labute approximate surface area is 232 Å². The minimum Gasteiger partial charge on any atom is -0.476 e. The number of halogens is 2. The molecule has 0 saturated carbocycles. The number of nitrogens with zero attached hydrogens (tertiary/aromatic N) is 5. The van der Waals surface area contributed by atoms with Crippen LogP contribution in [0.1, 0.15) is 10.5 Å². The predicted molar refractivity (Wildman–Crippen MR) is 152 cm³/mol. The number of ether oxygens (including phenoxy) is 1. The second kappa shape index (κ2) is 12.9. The molecule has 9 nitrogen and oxygen atoms in total. The van der Waals surface area contributed by atoms with E-state index in [0.717, 1.165) is 23.6 Å². The van der Waals surface area contributed by atoms with Crippen molar-refractivity contribution in [2.45, 2.75) is 32.4 Å². The van der Waals surface area contributed by atoms with Crippen LogP contribution in [-0.4, -0.2) is 70.7 Å². The Morgan fingerprint density at radius 2 is 1.82 bits per heavy atom. The quantitative estimate of drug-likeness (QED) is 0.157. The van der Waals surface area contributed by atoms with Gasteiger partial charge in [0.15, 0.2) is 5.69 Å². The van der Waals surface area contributed by atoms with Crippen LogP contribution in [-0.2, 0) is 16.3 Å². The van der Waals surface area contributed by atoms with E-state index in [1.54, 1.807) is 32.4 Å². The summed E-state index contributed by atoms with van der Waals surface area (Å²) in [5.74, 6) is -1.53. The van der Waals surface area contributed by atoms with Crippen LogP contribution < -0.4 is 0 Å². The van der Waals surface area contributed by atoms with E-state index in [2.05, 4.69) is 34.6 Å². The molecule has 0 unspecified atom stereocenters. The molecule has 12 heteroatoms. The van der Waals surface area contributed by atoms with Crippen molar-refractivity contribution in [1.82, 2.24) is 24.4 Å². The number of aromatic nitrogens is 4. The molecular formula is C27H31ClFN5O4Si. The molecule has 3 heterocycles. The molecule has 0 radical (unpaired) electrons. The number of amides is 1. The van der Waals surface area contributed by atoms with E-state index in [4.69, 9.17) is 16.3 Å². The van der Waals surface area contributed by atoms with Crippen LogP contribution in [0.15, 0.2) is 49.1 Å². The molecule has 4 aromatic rings. The molecule has 39 heavy (non-hydrogen) atoms. The third-order valence-electron chi connectivity index (χ3n) is 5.54. The number of carbonyl (C=O) groups excluding carboxylic acids is 1. The molecule has 206 valence electrons. The van der Waals surface area contributed by atoms with Crippen LogP contribution in [0.3, 0.4) is 0 Å². The predicted octanol–water partition coefficient (Wildman–Crippen LogP) is 5.67. The molecule has 0 aliphatic carbocycles. The number of pyridine rings is 1. The topological polar surface area (TPSA) is 110 Å². The molecule has 0 aliphatic heterocycles. The van der Waals surface area contributed by atoms with Crippen LogP contribution in [0.4, 0.5) is 4.39 Å². The molecule has 0 fully saturated rings. The number of hydrogen-bond acceptors (Lipinski definition) is 6. The van der Waals surface area contributed by atoms with E-state index in [1.165, 1.54) is 29.4 Å². The first-order valence-electron chi connectivity index (χ1n) is 12.1. The Morgan fingerprint density at radius 1 is 1.15 bits per heavy atom. The lowest BCUT2D eigenvalue weighted by molar-refractivity contribution is -0.115. The Hall–Kier alpha value is -3.67. The van der Waals surface area contributed by atoms with Crippen molar-refractivity contribution in [1.29, 1.82) is 0 Å². The minimum absolute atomic E-state index is 0.194. The van der Waals surface area contributed by atoms with Gasteiger partial charge in [-0.1, -0.05) is 43.4 Å². The molecule has 3 aromatic heterocycles. The van der Waals surface area contributed by atoms with E-state index >= 15 is 0 Å². The summed E-state index contributed by atoms with van der Waals surface area (Å²) >= 11 is 6.85. The molecule has 0 aliphatic rings. The summed E-state index contributed by atoms with van der Waals surface area (Å²) in [5, 5.41) is 10.3. The normalized spacial score (nSPS) is 11.2. The van der Waals surface area contributed by atoms with Crippen molar-refractivity contribution in [3.8, 4) is 22.4 Å². The van der Waals surface area contributed by atoms with E-state index in [-0.39, 0.29) is 11.5 Å². The summed E-state index contributed by atoms with van der Waals surface area (Å²) in [4.78, 5) is 34.9. The maximum Gasteiger partial charge on any atom is 0.356 e. The van der Waals surface area contributed by atoms with Gasteiger partial charge in [-0.25, -0.2) is 19.2 Å². The number of benzene rings is 1. The van der Waals surface area contributed by atoms with E-state index in [0.29, 0.717) is 40.7 Å².